The third kappa shape index (κ3) is 3.79. The first-order valence-electron chi connectivity index (χ1n) is 7.43. The van der Waals surface area contributed by atoms with Gasteiger partial charge in [-0.3, -0.25) is 0 Å². The Balaban J connectivity index is 2.40. The van der Waals surface area contributed by atoms with Gasteiger partial charge in [0.15, 0.2) is 0 Å². The summed E-state index contributed by atoms with van der Waals surface area (Å²) >= 11 is 0. The smallest absolute Gasteiger partial charge is 0.127 e. The summed E-state index contributed by atoms with van der Waals surface area (Å²) in [6.45, 7) is 2.89. The number of benzene rings is 2. The van der Waals surface area contributed by atoms with E-state index in [0.29, 0.717) is 6.42 Å². The second-order valence-corrected chi connectivity index (χ2v) is 5.00. The SMILES string of the molecule is CCc1c(-c2ccccc2)ccc(F)c1C/C=C\CNC. The highest BCUT2D eigenvalue weighted by Crippen LogP contribution is 2.29. The average Bonchev–Trinajstić information content (AvgIpc) is 2.53. The van der Waals surface area contributed by atoms with Gasteiger partial charge in [-0.1, -0.05) is 55.5 Å². The van der Waals surface area contributed by atoms with E-state index < -0.39 is 0 Å². The Morgan fingerprint density at radius 1 is 1.00 bits per heavy atom. The molecule has 1 nitrogen and oxygen atoms in total. The molecule has 0 aliphatic carbocycles. The lowest BCUT2D eigenvalue weighted by Crippen LogP contribution is -2.04. The Bertz CT molecular complexity index is 602. The van der Waals surface area contributed by atoms with Gasteiger partial charge in [0.25, 0.3) is 0 Å². The lowest BCUT2D eigenvalue weighted by molar-refractivity contribution is 0.612. The fraction of sp³-hybridized carbons (Fsp3) is 0.263. The van der Waals surface area contributed by atoms with Gasteiger partial charge in [0.2, 0.25) is 0 Å². The van der Waals surface area contributed by atoms with Crippen molar-refractivity contribution in [2.75, 3.05) is 13.6 Å². The van der Waals surface area contributed by atoms with Crippen molar-refractivity contribution in [3.8, 4) is 11.1 Å². The lowest BCUT2D eigenvalue weighted by atomic mass is 9.92. The molecule has 21 heavy (non-hydrogen) atoms. The zero-order valence-electron chi connectivity index (χ0n) is 12.7. The van der Waals surface area contributed by atoms with Crippen molar-refractivity contribution < 1.29 is 4.39 Å². The summed E-state index contributed by atoms with van der Waals surface area (Å²) in [7, 11) is 1.90. The molecule has 0 atom stereocenters. The van der Waals surface area contributed by atoms with Crippen LogP contribution in [0, 0.1) is 5.82 Å². The first-order valence-corrected chi connectivity index (χ1v) is 7.43. The Labute approximate surface area is 126 Å². The van der Waals surface area contributed by atoms with Gasteiger partial charge in [-0.25, -0.2) is 4.39 Å². The van der Waals surface area contributed by atoms with E-state index in [1.807, 2.05) is 43.5 Å². The quantitative estimate of drug-likeness (QED) is 0.776. The van der Waals surface area contributed by atoms with Crippen LogP contribution in [0.2, 0.25) is 0 Å². The van der Waals surface area contributed by atoms with Crippen molar-refractivity contribution in [3.63, 3.8) is 0 Å². The molecule has 0 saturated heterocycles. The molecule has 0 bridgehead atoms. The van der Waals surface area contributed by atoms with Crippen LogP contribution in [0.15, 0.2) is 54.6 Å². The van der Waals surface area contributed by atoms with Crippen molar-refractivity contribution >= 4 is 0 Å². The average molecular weight is 283 g/mol. The van der Waals surface area contributed by atoms with Gasteiger partial charge < -0.3 is 5.32 Å². The van der Waals surface area contributed by atoms with E-state index in [0.717, 1.165) is 35.2 Å². The topological polar surface area (TPSA) is 12.0 Å². The second-order valence-electron chi connectivity index (χ2n) is 5.00. The molecule has 0 aliphatic rings. The molecule has 0 amide bonds. The molecule has 2 heteroatoms. The predicted octanol–water partition coefficient (Wildman–Crippen LogP) is 4.37. The van der Waals surface area contributed by atoms with E-state index in [2.05, 4.69) is 24.4 Å². The molecule has 0 heterocycles. The molecule has 2 aromatic carbocycles. The van der Waals surface area contributed by atoms with E-state index in [4.69, 9.17) is 0 Å². The standard InChI is InChI=1S/C19H22FN/c1-3-16-17(15-9-5-4-6-10-15)12-13-19(20)18(16)11-7-8-14-21-2/h4-10,12-13,21H,3,11,14H2,1-2H3/b8-7-. The van der Waals surface area contributed by atoms with Crippen LogP contribution in [0.5, 0.6) is 0 Å². The number of hydrogen-bond acceptors (Lipinski definition) is 1. The number of likely N-dealkylation sites (N-methyl/N-ethyl adjacent to an activating group) is 1. The van der Waals surface area contributed by atoms with Crippen LogP contribution < -0.4 is 5.32 Å². The highest BCUT2D eigenvalue weighted by Gasteiger charge is 2.12. The zero-order valence-corrected chi connectivity index (χ0v) is 12.7. The molecular weight excluding hydrogens is 261 g/mol. The van der Waals surface area contributed by atoms with Gasteiger partial charge in [0.05, 0.1) is 0 Å². The maximum absolute atomic E-state index is 14.2. The summed E-state index contributed by atoms with van der Waals surface area (Å²) in [5, 5.41) is 3.05. The van der Waals surface area contributed by atoms with E-state index in [1.54, 1.807) is 6.07 Å². The van der Waals surface area contributed by atoms with Crippen LogP contribution in [0.4, 0.5) is 4.39 Å². The monoisotopic (exact) mass is 283 g/mol. The first-order chi connectivity index (χ1) is 10.3. The fourth-order valence-electron chi connectivity index (χ4n) is 2.58. The van der Waals surface area contributed by atoms with E-state index >= 15 is 0 Å². The second kappa shape index (κ2) is 7.75. The first kappa shape index (κ1) is 15.5. The summed E-state index contributed by atoms with van der Waals surface area (Å²) < 4.78 is 14.2. The summed E-state index contributed by atoms with van der Waals surface area (Å²) in [6.07, 6.45) is 5.53. The fourth-order valence-corrected chi connectivity index (χ4v) is 2.58. The number of hydrogen-bond donors (Lipinski definition) is 1. The maximum atomic E-state index is 14.2. The minimum atomic E-state index is -0.111. The molecule has 2 rings (SSSR count). The molecule has 2 aromatic rings. The molecule has 0 aliphatic heterocycles. The molecule has 0 fully saturated rings. The Morgan fingerprint density at radius 3 is 2.43 bits per heavy atom. The Kier molecular flexibility index (Phi) is 5.70. The van der Waals surface area contributed by atoms with Crippen molar-refractivity contribution in [2.24, 2.45) is 0 Å². The number of rotatable bonds is 6. The van der Waals surface area contributed by atoms with Gasteiger partial charge in [0, 0.05) is 6.54 Å². The van der Waals surface area contributed by atoms with E-state index in [1.165, 1.54) is 0 Å². The molecule has 0 spiro atoms. The lowest BCUT2D eigenvalue weighted by Gasteiger charge is -2.14. The van der Waals surface area contributed by atoms with Crippen LogP contribution in [-0.2, 0) is 12.8 Å². The van der Waals surface area contributed by atoms with Gasteiger partial charge in [-0.15, -0.1) is 0 Å². The Hall–Kier alpha value is -1.93. The van der Waals surface area contributed by atoms with Gasteiger partial charge in [-0.05, 0) is 48.2 Å². The third-order valence-corrected chi connectivity index (χ3v) is 3.62. The highest BCUT2D eigenvalue weighted by atomic mass is 19.1. The van der Waals surface area contributed by atoms with E-state index in [-0.39, 0.29) is 5.82 Å². The molecule has 0 aromatic heterocycles. The summed E-state index contributed by atoms with van der Waals surface area (Å²) in [5.41, 5.74) is 4.20. The molecule has 0 radical (unpaired) electrons. The number of halogens is 1. The van der Waals surface area contributed by atoms with Crippen molar-refractivity contribution in [1.29, 1.82) is 0 Å². The largest absolute Gasteiger partial charge is 0.316 e. The van der Waals surface area contributed by atoms with Crippen molar-refractivity contribution in [2.45, 2.75) is 19.8 Å². The molecule has 0 unspecified atom stereocenters. The molecular formula is C19H22FN. The zero-order chi connectivity index (χ0) is 15.1. The highest BCUT2D eigenvalue weighted by molar-refractivity contribution is 5.69. The summed E-state index contributed by atoms with van der Waals surface area (Å²) in [5.74, 6) is -0.111. The van der Waals surface area contributed by atoms with Gasteiger partial charge in [0.1, 0.15) is 5.82 Å². The molecule has 1 N–H and O–H groups in total. The van der Waals surface area contributed by atoms with Crippen molar-refractivity contribution in [1.82, 2.24) is 5.32 Å². The minimum Gasteiger partial charge on any atom is -0.316 e. The summed E-state index contributed by atoms with van der Waals surface area (Å²) in [4.78, 5) is 0. The maximum Gasteiger partial charge on any atom is 0.127 e. The van der Waals surface area contributed by atoms with Crippen molar-refractivity contribution in [3.05, 3.63) is 71.6 Å². The van der Waals surface area contributed by atoms with Crippen LogP contribution in [-0.4, -0.2) is 13.6 Å². The molecule has 0 saturated carbocycles. The van der Waals surface area contributed by atoms with Gasteiger partial charge >= 0.3 is 0 Å². The van der Waals surface area contributed by atoms with E-state index in [9.17, 15) is 4.39 Å². The van der Waals surface area contributed by atoms with Crippen LogP contribution >= 0.6 is 0 Å². The van der Waals surface area contributed by atoms with Crippen LogP contribution in [0.3, 0.4) is 0 Å². The molecule has 110 valence electrons. The van der Waals surface area contributed by atoms with Gasteiger partial charge in [-0.2, -0.15) is 0 Å². The summed E-state index contributed by atoms with van der Waals surface area (Å²) in [6, 6.07) is 13.7. The third-order valence-electron chi connectivity index (χ3n) is 3.62. The predicted molar refractivity (Wildman–Crippen MR) is 88.0 cm³/mol. The Morgan fingerprint density at radius 2 is 1.76 bits per heavy atom. The van der Waals surface area contributed by atoms with Crippen LogP contribution in [0.1, 0.15) is 18.1 Å². The van der Waals surface area contributed by atoms with Crippen LogP contribution in [0.25, 0.3) is 11.1 Å². The minimum absolute atomic E-state index is 0.111. The normalized spacial score (nSPS) is 11.2. The number of allylic oxidation sites excluding steroid dienone is 1. The number of nitrogens with one attached hydrogen (secondary N) is 1.